The number of amides is 1. The molecule has 1 aromatic carbocycles. The fourth-order valence-electron chi connectivity index (χ4n) is 2.98. The highest BCUT2D eigenvalue weighted by atomic mass is 16.4. The molecule has 0 aromatic heterocycles. The smallest absolute Gasteiger partial charge is 0.311 e. The molecule has 1 amide bonds. The Morgan fingerprint density at radius 3 is 2.52 bits per heavy atom. The Kier molecular flexibility index (Phi) is 4.63. The minimum Gasteiger partial charge on any atom is -0.481 e. The Morgan fingerprint density at radius 2 is 2.00 bits per heavy atom. The molecule has 2 rings (SSSR count). The summed E-state index contributed by atoms with van der Waals surface area (Å²) < 4.78 is 0. The molecule has 0 spiro atoms. The number of carboxylic acids is 1. The lowest BCUT2D eigenvalue weighted by molar-refractivity contribution is -0.148. The Bertz CT molecular complexity index is 527. The van der Waals surface area contributed by atoms with Crippen LogP contribution in [0.5, 0.6) is 0 Å². The summed E-state index contributed by atoms with van der Waals surface area (Å²) in [5.74, 6) is -0.893. The maximum Gasteiger partial charge on any atom is 0.311 e. The highest BCUT2D eigenvalue weighted by Gasteiger charge is 2.45. The van der Waals surface area contributed by atoms with Gasteiger partial charge in [-0.1, -0.05) is 25.5 Å². The third kappa shape index (κ3) is 3.08. The van der Waals surface area contributed by atoms with Crippen LogP contribution in [0.4, 0.5) is 0 Å². The zero-order valence-electron chi connectivity index (χ0n) is 12.3. The number of carboxylic acid groups (broad SMARTS) is 1. The van der Waals surface area contributed by atoms with E-state index in [-0.39, 0.29) is 5.91 Å². The molecule has 0 saturated carbocycles. The van der Waals surface area contributed by atoms with E-state index in [0.717, 1.165) is 12.0 Å². The summed E-state index contributed by atoms with van der Waals surface area (Å²) in [5.41, 5.74) is 6.32. The molecule has 1 heterocycles. The molecule has 5 heteroatoms. The first-order valence-electron chi connectivity index (χ1n) is 7.34. The van der Waals surface area contributed by atoms with Crippen LogP contribution in [0, 0.1) is 5.41 Å². The predicted octanol–water partition coefficient (Wildman–Crippen LogP) is 1.86. The highest BCUT2D eigenvalue weighted by Crippen LogP contribution is 2.36. The molecule has 1 aliphatic rings. The van der Waals surface area contributed by atoms with Crippen molar-refractivity contribution < 1.29 is 14.7 Å². The lowest BCUT2D eigenvalue weighted by atomic mass is 9.83. The number of benzene rings is 1. The van der Waals surface area contributed by atoms with Gasteiger partial charge in [-0.3, -0.25) is 9.59 Å². The van der Waals surface area contributed by atoms with Crippen LogP contribution in [0.25, 0.3) is 0 Å². The molecule has 0 bridgehead atoms. The quantitative estimate of drug-likeness (QED) is 0.867. The molecule has 1 saturated heterocycles. The van der Waals surface area contributed by atoms with Crippen molar-refractivity contribution >= 4 is 11.9 Å². The van der Waals surface area contributed by atoms with E-state index in [4.69, 9.17) is 5.73 Å². The van der Waals surface area contributed by atoms with Crippen LogP contribution in [0.2, 0.25) is 0 Å². The first kappa shape index (κ1) is 15.5. The Balaban J connectivity index is 2.12. The zero-order chi connectivity index (χ0) is 15.5. The zero-order valence-corrected chi connectivity index (χ0v) is 12.3. The minimum atomic E-state index is -0.793. The van der Waals surface area contributed by atoms with Gasteiger partial charge in [-0.25, -0.2) is 0 Å². The number of hydrogen-bond acceptors (Lipinski definition) is 3. The normalized spacial score (nSPS) is 21.5. The number of rotatable bonds is 5. The van der Waals surface area contributed by atoms with E-state index in [0.29, 0.717) is 38.0 Å². The standard InChI is InChI=1S/C16H22N2O3/c1-2-7-16(15(20)21)8-9-18(11-16)14(19)13-5-3-12(10-17)4-6-13/h3-6H,2,7-11,17H2,1H3,(H,20,21). The van der Waals surface area contributed by atoms with Crippen molar-refractivity contribution in [3.63, 3.8) is 0 Å². The van der Waals surface area contributed by atoms with Crippen LogP contribution < -0.4 is 5.73 Å². The van der Waals surface area contributed by atoms with Crippen LogP contribution in [0.1, 0.15) is 42.1 Å². The highest BCUT2D eigenvalue weighted by molar-refractivity contribution is 5.95. The van der Waals surface area contributed by atoms with Gasteiger partial charge in [0.25, 0.3) is 5.91 Å². The second-order valence-corrected chi connectivity index (χ2v) is 5.71. The summed E-state index contributed by atoms with van der Waals surface area (Å²) in [4.78, 5) is 25.7. The molecule has 5 nitrogen and oxygen atoms in total. The lowest BCUT2D eigenvalue weighted by Gasteiger charge is -2.24. The van der Waals surface area contributed by atoms with Crippen LogP contribution in [-0.4, -0.2) is 35.0 Å². The van der Waals surface area contributed by atoms with E-state index in [1.54, 1.807) is 17.0 Å². The molecule has 21 heavy (non-hydrogen) atoms. The van der Waals surface area contributed by atoms with Gasteiger partial charge in [0.1, 0.15) is 0 Å². The summed E-state index contributed by atoms with van der Waals surface area (Å²) in [7, 11) is 0. The molecule has 1 unspecified atom stereocenters. The van der Waals surface area contributed by atoms with Crippen molar-refractivity contribution in [2.75, 3.05) is 13.1 Å². The van der Waals surface area contributed by atoms with E-state index in [2.05, 4.69) is 0 Å². The van der Waals surface area contributed by atoms with Gasteiger partial charge in [-0.2, -0.15) is 0 Å². The molecular weight excluding hydrogens is 268 g/mol. The van der Waals surface area contributed by atoms with Crippen molar-refractivity contribution in [2.24, 2.45) is 11.1 Å². The van der Waals surface area contributed by atoms with Crippen LogP contribution >= 0.6 is 0 Å². The molecule has 1 fully saturated rings. The molecular formula is C16H22N2O3. The van der Waals surface area contributed by atoms with Gasteiger partial charge >= 0.3 is 5.97 Å². The van der Waals surface area contributed by atoms with Crippen molar-refractivity contribution in [3.05, 3.63) is 35.4 Å². The van der Waals surface area contributed by atoms with Gasteiger partial charge < -0.3 is 15.7 Å². The van der Waals surface area contributed by atoms with Gasteiger partial charge in [0.05, 0.1) is 5.41 Å². The van der Waals surface area contributed by atoms with Gasteiger partial charge in [0, 0.05) is 25.2 Å². The van der Waals surface area contributed by atoms with E-state index in [9.17, 15) is 14.7 Å². The first-order chi connectivity index (χ1) is 10.0. The maximum atomic E-state index is 12.5. The van der Waals surface area contributed by atoms with Crippen LogP contribution in [0.3, 0.4) is 0 Å². The van der Waals surface area contributed by atoms with Crippen molar-refractivity contribution in [1.82, 2.24) is 4.90 Å². The average molecular weight is 290 g/mol. The second kappa shape index (κ2) is 6.26. The van der Waals surface area contributed by atoms with Crippen molar-refractivity contribution in [1.29, 1.82) is 0 Å². The van der Waals surface area contributed by atoms with Crippen LogP contribution in [-0.2, 0) is 11.3 Å². The number of aliphatic carboxylic acids is 1. The number of hydrogen-bond donors (Lipinski definition) is 2. The number of likely N-dealkylation sites (tertiary alicyclic amines) is 1. The van der Waals surface area contributed by atoms with Crippen molar-refractivity contribution in [3.8, 4) is 0 Å². The fraction of sp³-hybridized carbons (Fsp3) is 0.500. The summed E-state index contributed by atoms with van der Waals surface area (Å²) in [5, 5.41) is 9.48. The van der Waals surface area contributed by atoms with Gasteiger partial charge in [-0.15, -0.1) is 0 Å². The fourth-order valence-corrected chi connectivity index (χ4v) is 2.98. The summed E-state index contributed by atoms with van der Waals surface area (Å²) in [6, 6.07) is 7.18. The third-order valence-electron chi connectivity index (χ3n) is 4.26. The number of carbonyl (C=O) groups is 2. The SMILES string of the molecule is CCCC1(C(=O)O)CCN(C(=O)c2ccc(CN)cc2)C1. The van der Waals surface area contributed by atoms with Gasteiger partial charge in [-0.05, 0) is 30.5 Å². The van der Waals surface area contributed by atoms with E-state index in [1.165, 1.54) is 0 Å². The van der Waals surface area contributed by atoms with E-state index in [1.807, 2.05) is 19.1 Å². The minimum absolute atomic E-state index is 0.0993. The number of nitrogens with zero attached hydrogens (tertiary/aromatic N) is 1. The average Bonchev–Trinajstić information content (AvgIpc) is 2.93. The summed E-state index contributed by atoms with van der Waals surface area (Å²) in [6.07, 6.45) is 1.94. The maximum absolute atomic E-state index is 12.5. The van der Waals surface area contributed by atoms with Gasteiger partial charge in [0.15, 0.2) is 0 Å². The Labute approximate surface area is 124 Å². The molecule has 114 valence electrons. The molecule has 1 aliphatic heterocycles. The monoisotopic (exact) mass is 290 g/mol. The summed E-state index contributed by atoms with van der Waals surface area (Å²) in [6.45, 7) is 3.22. The number of carbonyl (C=O) groups excluding carboxylic acids is 1. The van der Waals surface area contributed by atoms with E-state index >= 15 is 0 Å². The second-order valence-electron chi connectivity index (χ2n) is 5.71. The molecule has 0 aliphatic carbocycles. The Hall–Kier alpha value is -1.88. The van der Waals surface area contributed by atoms with Gasteiger partial charge in [0.2, 0.25) is 0 Å². The van der Waals surface area contributed by atoms with Crippen LogP contribution in [0.15, 0.2) is 24.3 Å². The molecule has 3 N–H and O–H groups in total. The van der Waals surface area contributed by atoms with Crippen molar-refractivity contribution in [2.45, 2.75) is 32.7 Å². The largest absolute Gasteiger partial charge is 0.481 e. The third-order valence-corrected chi connectivity index (χ3v) is 4.26. The number of nitrogens with two attached hydrogens (primary N) is 1. The molecule has 1 aromatic rings. The predicted molar refractivity (Wildman–Crippen MR) is 79.8 cm³/mol. The van der Waals surface area contributed by atoms with E-state index < -0.39 is 11.4 Å². The molecule has 1 atom stereocenters. The molecule has 0 radical (unpaired) electrons. The summed E-state index contributed by atoms with van der Waals surface area (Å²) >= 11 is 0. The lowest BCUT2D eigenvalue weighted by Crippen LogP contribution is -2.36. The topological polar surface area (TPSA) is 83.6 Å². The Morgan fingerprint density at radius 1 is 1.33 bits per heavy atom. The first-order valence-corrected chi connectivity index (χ1v) is 7.34.